The van der Waals surface area contributed by atoms with Crippen LogP contribution in [-0.4, -0.2) is 78.8 Å². The van der Waals surface area contributed by atoms with Gasteiger partial charge >= 0.3 is 0 Å². The molecule has 0 saturated heterocycles. The molecule has 0 spiro atoms. The van der Waals surface area contributed by atoms with Crippen molar-refractivity contribution in [3.05, 3.63) is 181 Å². The van der Waals surface area contributed by atoms with Crippen LogP contribution < -0.4 is 44.3 Å². The van der Waals surface area contributed by atoms with Gasteiger partial charge in [-0.15, -0.1) is 0 Å². The van der Waals surface area contributed by atoms with Crippen LogP contribution in [0.1, 0.15) is 73.0 Å². The van der Waals surface area contributed by atoms with E-state index >= 15 is 0 Å². The number of aromatic amines is 2. The van der Waals surface area contributed by atoms with Crippen molar-refractivity contribution in [3.63, 3.8) is 0 Å². The number of sulfone groups is 2. The smallest absolute Gasteiger partial charge is 0.277 e. The summed E-state index contributed by atoms with van der Waals surface area (Å²) in [5, 5.41) is 15.8. The number of benzene rings is 2. The Kier molecular flexibility index (Phi) is 17.9. The van der Waals surface area contributed by atoms with E-state index in [1.807, 2.05) is 42.9 Å². The molecule has 430 valence electrons. The average molecular weight is 1240 g/mol. The molecule has 3 aliphatic carbocycles. The van der Waals surface area contributed by atoms with Gasteiger partial charge in [-0.3, -0.25) is 29.2 Å². The van der Waals surface area contributed by atoms with Gasteiger partial charge in [0.25, 0.3) is 11.1 Å². The number of hydrogen-bond acceptors (Lipinski definition) is 18. The predicted octanol–water partition coefficient (Wildman–Crippen LogP) is 10.00. The van der Waals surface area contributed by atoms with E-state index in [4.69, 9.17) is 28.8 Å². The first-order valence-electron chi connectivity index (χ1n) is 26.1. The first kappa shape index (κ1) is 59.0. The third kappa shape index (κ3) is 15.7. The molecule has 11 N–H and O–H groups in total. The van der Waals surface area contributed by atoms with Gasteiger partial charge in [-0.2, -0.15) is 0 Å². The first-order chi connectivity index (χ1) is 39.6. The Bertz CT molecular complexity index is 4210. The van der Waals surface area contributed by atoms with Crippen molar-refractivity contribution in [2.45, 2.75) is 66.1 Å². The van der Waals surface area contributed by atoms with Crippen LogP contribution in [0.3, 0.4) is 0 Å². The number of fused-ring (bicyclic) bond motifs is 2. The fraction of sp³-hybridized carbons (Fsp3) is 0.228. The number of nitrogen functional groups attached to an aromatic ring is 3. The minimum absolute atomic E-state index is 0.133. The molecule has 0 aliphatic heterocycles. The predicted molar refractivity (Wildman–Crippen MR) is 330 cm³/mol. The van der Waals surface area contributed by atoms with Crippen LogP contribution in [0.5, 0.6) is 0 Å². The van der Waals surface area contributed by atoms with Crippen LogP contribution in [0.2, 0.25) is 5.15 Å². The normalized spacial score (nSPS) is 13.7. The average Bonchev–Trinajstić information content (AvgIpc) is 4.43. The number of para-hydroxylation sites is 2. The maximum Gasteiger partial charge on any atom is 0.277 e. The third-order valence-electron chi connectivity index (χ3n) is 13.3. The fourth-order valence-electron chi connectivity index (χ4n) is 8.55. The monoisotopic (exact) mass is 1240 g/mol. The molecule has 26 heteroatoms. The van der Waals surface area contributed by atoms with Gasteiger partial charge in [-0.1, -0.05) is 54.1 Å². The maximum absolute atomic E-state index is 12.7. The lowest BCUT2D eigenvalue weighted by Gasteiger charge is -2.13. The fourth-order valence-corrected chi connectivity index (χ4v) is 10.7. The second-order valence-electron chi connectivity index (χ2n) is 20.1. The number of halogens is 2. The van der Waals surface area contributed by atoms with Crippen molar-refractivity contribution in [1.29, 1.82) is 0 Å². The first-order valence-corrected chi connectivity index (χ1v) is 31.0. The third-order valence-corrected chi connectivity index (χ3v) is 16.2. The van der Waals surface area contributed by atoms with Crippen molar-refractivity contribution in [2.75, 3.05) is 45.7 Å². The van der Waals surface area contributed by atoms with Gasteiger partial charge in [-0.25, -0.2) is 46.7 Å². The van der Waals surface area contributed by atoms with Gasteiger partial charge in [0.15, 0.2) is 31.0 Å². The number of aromatic nitrogens is 10. The zero-order valence-corrected chi connectivity index (χ0v) is 49.5. The Labute approximate surface area is 491 Å². The molecule has 10 aromatic rings. The van der Waals surface area contributed by atoms with Gasteiger partial charge in [0, 0.05) is 61.9 Å². The number of aryl methyl sites for hydroxylation is 2. The second-order valence-corrected chi connectivity index (χ2v) is 25.4. The number of hydrogen-bond donors (Lipinski definition) is 8. The van der Waals surface area contributed by atoms with Crippen molar-refractivity contribution < 1.29 is 16.8 Å². The van der Waals surface area contributed by atoms with Gasteiger partial charge in [0.1, 0.15) is 45.0 Å². The lowest BCUT2D eigenvalue weighted by Crippen LogP contribution is -2.12. The minimum atomic E-state index is -3.47. The molecule has 0 atom stereocenters. The highest BCUT2D eigenvalue weighted by Gasteiger charge is 2.26. The Balaban J connectivity index is 0.000000139. The summed E-state index contributed by atoms with van der Waals surface area (Å²) < 4.78 is 51.8. The van der Waals surface area contributed by atoms with Crippen LogP contribution in [0.25, 0.3) is 22.1 Å². The van der Waals surface area contributed by atoms with Gasteiger partial charge < -0.3 is 33.2 Å². The SMILES string of the molecule is Cn1[nH]c2nc(Cl)cc(Nc3ccccc3S(C)(=O)=O)c2c1=O.Cn1[nH]c2nc(Nc3ccc(C4CC4)cn3)cc(Nc3ccccc3S(C)(=O)=O)c2c1=O.Nc1ccc(Br)cn1.Nc1ccc(C2CC2)cn1.Nc1ccc(C2CC2)cn1. The van der Waals surface area contributed by atoms with E-state index in [1.54, 1.807) is 68.8 Å². The standard InChI is InChI=1S/C22H22N6O3S.C14H13ClN4O3S.2C8H10N2.C5H5BrN2/c1-28-22(29)20-16(24-15-5-3-4-6-17(15)32(2,30)31)11-19(26-21(20)27-28)25-18-10-9-14(12-23-18)13-7-8-13;1-19-14(20)12-9(7-11(15)17-13(12)18-19)16-8-5-3-4-6-10(8)23(2,21)22;2*9-8-4-3-7(5-10-8)6-1-2-6;6-4-1-2-5(7)8-3-4/h3-6,9-13H,7-8H2,1-2H3,(H3,23,24,25,26,27);3-7H,1-2H3,(H2,16,17,18);2*3-6H,1-2H2,(H2,9,10);1-3H,(H2,7,8). The van der Waals surface area contributed by atoms with E-state index < -0.39 is 19.7 Å². The van der Waals surface area contributed by atoms with E-state index in [0.29, 0.717) is 79.8 Å². The lowest BCUT2D eigenvalue weighted by atomic mass is 10.2. The van der Waals surface area contributed by atoms with E-state index in [-0.39, 0.29) is 26.1 Å². The van der Waals surface area contributed by atoms with Crippen molar-refractivity contribution in [1.82, 2.24) is 49.5 Å². The Morgan fingerprint density at radius 3 is 1.31 bits per heavy atom. The summed E-state index contributed by atoms with van der Waals surface area (Å²) in [6, 6.07) is 31.6. The Morgan fingerprint density at radius 1 is 0.518 bits per heavy atom. The zero-order valence-electron chi connectivity index (χ0n) is 45.5. The van der Waals surface area contributed by atoms with Crippen LogP contribution in [0.15, 0.2) is 158 Å². The second kappa shape index (κ2) is 25.2. The van der Waals surface area contributed by atoms with Crippen LogP contribution in [0.4, 0.5) is 51.8 Å². The molecule has 83 heavy (non-hydrogen) atoms. The topological polar surface area (TPSA) is 335 Å². The summed E-state index contributed by atoms with van der Waals surface area (Å²) in [6.07, 6.45) is 17.3. The largest absolute Gasteiger partial charge is 0.384 e. The van der Waals surface area contributed by atoms with Crippen molar-refractivity contribution in [3.8, 4) is 0 Å². The molecule has 0 bridgehead atoms. The summed E-state index contributed by atoms with van der Waals surface area (Å²) in [7, 11) is -3.73. The number of rotatable bonds is 11. The summed E-state index contributed by atoms with van der Waals surface area (Å²) in [6.45, 7) is 0. The molecule has 3 fully saturated rings. The zero-order chi connectivity index (χ0) is 59.2. The Morgan fingerprint density at radius 2 is 0.928 bits per heavy atom. The number of nitrogens with two attached hydrogens (primary N) is 3. The van der Waals surface area contributed by atoms with Crippen LogP contribution in [0, 0.1) is 0 Å². The number of nitrogens with one attached hydrogen (secondary N) is 5. The molecule has 0 radical (unpaired) electrons. The van der Waals surface area contributed by atoms with E-state index in [2.05, 4.69) is 90.2 Å². The molecule has 0 unspecified atom stereocenters. The molecule has 13 rings (SSSR count). The quantitative estimate of drug-likeness (QED) is 0.0558. The summed E-state index contributed by atoms with van der Waals surface area (Å²) >= 11 is 9.21. The highest BCUT2D eigenvalue weighted by Crippen LogP contribution is 2.41. The molecule has 2 aromatic carbocycles. The molecule has 3 aliphatic rings. The van der Waals surface area contributed by atoms with Gasteiger partial charge in [-0.05, 0) is 150 Å². The Hall–Kier alpha value is -8.65. The van der Waals surface area contributed by atoms with E-state index in [1.165, 1.54) is 82.8 Å². The number of pyridine rings is 6. The number of anilines is 9. The maximum atomic E-state index is 12.7. The molecule has 3 saturated carbocycles. The van der Waals surface area contributed by atoms with E-state index in [9.17, 15) is 26.4 Å². The number of H-pyrrole nitrogens is 2. The number of nitrogens with zero attached hydrogens (tertiary/aromatic N) is 8. The van der Waals surface area contributed by atoms with Gasteiger partial charge in [0.2, 0.25) is 0 Å². The molecular weight excluding hydrogens is 1180 g/mol. The molecule has 0 amide bonds. The summed E-state index contributed by atoms with van der Waals surface area (Å²) in [5.74, 6) is 5.06. The summed E-state index contributed by atoms with van der Waals surface area (Å²) in [4.78, 5) is 50.1. The van der Waals surface area contributed by atoms with E-state index in [0.717, 1.165) is 28.8 Å². The lowest BCUT2D eigenvalue weighted by molar-refractivity contribution is 0.600. The molecular formula is C57H60BrClN16O6S2. The molecule has 8 aromatic heterocycles. The molecule has 8 heterocycles. The minimum Gasteiger partial charge on any atom is -0.384 e. The van der Waals surface area contributed by atoms with Crippen molar-refractivity contribution >= 4 is 121 Å². The summed E-state index contributed by atoms with van der Waals surface area (Å²) in [5.41, 5.74) is 21.8. The van der Waals surface area contributed by atoms with Gasteiger partial charge in [0.05, 0.1) is 32.5 Å². The highest BCUT2D eigenvalue weighted by molar-refractivity contribution is 9.10. The van der Waals surface area contributed by atoms with Crippen molar-refractivity contribution in [2.24, 2.45) is 14.1 Å². The van der Waals surface area contributed by atoms with Crippen LogP contribution in [-0.2, 0) is 33.8 Å². The molecule has 22 nitrogen and oxygen atoms in total. The highest BCUT2D eigenvalue weighted by atomic mass is 79.9. The van der Waals surface area contributed by atoms with Crippen LogP contribution >= 0.6 is 27.5 Å².